The van der Waals surface area contributed by atoms with Gasteiger partial charge in [0.15, 0.2) is 0 Å². The third-order valence-electron chi connectivity index (χ3n) is 8.51. The van der Waals surface area contributed by atoms with E-state index < -0.39 is 0 Å². The van der Waals surface area contributed by atoms with Crippen LogP contribution in [0.5, 0.6) is 0 Å². The first-order valence-corrected chi connectivity index (χ1v) is 20.3. The summed E-state index contributed by atoms with van der Waals surface area (Å²) in [4.78, 5) is 27.0. The molecular formula is C37H72INO5. The summed E-state index contributed by atoms with van der Waals surface area (Å²) in [6, 6.07) is 0. The quantitative estimate of drug-likeness (QED) is 0.0307. The van der Waals surface area contributed by atoms with E-state index in [2.05, 4.69) is 41.3 Å². The van der Waals surface area contributed by atoms with Gasteiger partial charge in [-0.2, -0.15) is 0 Å². The molecule has 0 heterocycles. The van der Waals surface area contributed by atoms with Crippen LogP contribution in [0.25, 0.3) is 0 Å². The van der Waals surface area contributed by atoms with E-state index in [1.165, 1.54) is 62.2 Å². The van der Waals surface area contributed by atoms with Crippen molar-refractivity contribution in [1.29, 1.82) is 0 Å². The minimum atomic E-state index is -0.0575. The first-order valence-electron chi connectivity index (χ1n) is 18.7. The van der Waals surface area contributed by atoms with Crippen molar-refractivity contribution in [3.8, 4) is 0 Å². The number of unbranched alkanes of at least 4 members (excludes halogenated alkanes) is 15. The molecule has 0 amide bonds. The van der Waals surface area contributed by atoms with Crippen LogP contribution in [-0.2, 0) is 19.1 Å². The maximum atomic E-state index is 12.5. The van der Waals surface area contributed by atoms with Crippen molar-refractivity contribution >= 4 is 34.5 Å². The molecule has 0 saturated heterocycles. The summed E-state index contributed by atoms with van der Waals surface area (Å²) in [5.41, 5.74) is 0. The molecule has 0 aromatic carbocycles. The Kier molecular flexibility index (Phi) is 33.6. The summed E-state index contributed by atoms with van der Waals surface area (Å²) in [6.45, 7) is 9.33. The van der Waals surface area contributed by atoms with Gasteiger partial charge >= 0.3 is 11.9 Å². The van der Waals surface area contributed by atoms with Crippen LogP contribution in [0.1, 0.15) is 181 Å². The van der Waals surface area contributed by atoms with Crippen molar-refractivity contribution in [1.82, 2.24) is 4.90 Å². The lowest BCUT2D eigenvalue weighted by Crippen LogP contribution is -2.29. The second kappa shape index (κ2) is 33.9. The Labute approximate surface area is 286 Å². The molecule has 0 aliphatic heterocycles. The van der Waals surface area contributed by atoms with Crippen LogP contribution in [-0.4, -0.2) is 64.8 Å². The van der Waals surface area contributed by atoms with E-state index in [0.717, 1.165) is 103 Å². The number of aliphatic hydroxyl groups excluding tert-OH is 1. The van der Waals surface area contributed by atoms with Crippen LogP contribution in [0.4, 0.5) is 0 Å². The van der Waals surface area contributed by atoms with E-state index in [1.807, 2.05) is 6.92 Å². The summed E-state index contributed by atoms with van der Waals surface area (Å²) in [7, 11) is 0. The maximum absolute atomic E-state index is 12.5. The number of alkyl halides is 1. The summed E-state index contributed by atoms with van der Waals surface area (Å²) in [6.07, 6.45) is 27.3. The van der Waals surface area contributed by atoms with Gasteiger partial charge in [0.05, 0.1) is 12.7 Å². The minimum absolute atomic E-state index is 0.00884. The van der Waals surface area contributed by atoms with Crippen molar-refractivity contribution in [3.63, 3.8) is 0 Å². The Balaban J connectivity index is 3.92. The molecule has 0 aromatic heterocycles. The monoisotopic (exact) mass is 737 g/mol. The molecule has 2 unspecified atom stereocenters. The smallest absolute Gasteiger partial charge is 0.306 e. The van der Waals surface area contributed by atoms with E-state index in [1.54, 1.807) is 0 Å². The Hall–Kier alpha value is -0.410. The normalized spacial score (nSPS) is 12.9. The first kappa shape index (κ1) is 43.6. The number of aliphatic hydroxyl groups is 1. The molecule has 1 N–H and O–H groups in total. The molecule has 6 nitrogen and oxygen atoms in total. The summed E-state index contributed by atoms with van der Waals surface area (Å²) in [5.74, 6) is -0.0663. The molecular weight excluding hydrogens is 665 g/mol. The lowest BCUT2D eigenvalue weighted by Gasteiger charge is -2.21. The largest absolute Gasteiger partial charge is 0.463 e. The van der Waals surface area contributed by atoms with Gasteiger partial charge in [-0.1, -0.05) is 113 Å². The Morgan fingerprint density at radius 2 is 1.05 bits per heavy atom. The highest BCUT2D eigenvalue weighted by Gasteiger charge is 2.14. The van der Waals surface area contributed by atoms with Crippen molar-refractivity contribution in [3.05, 3.63) is 0 Å². The van der Waals surface area contributed by atoms with Gasteiger partial charge in [-0.15, -0.1) is 0 Å². The van der Waals surface area contributed by atoms with Crippen LogP contribution in [0, 0.1) is 0 Å². The van der Waals surface area contributed by atoms with Gasteiger partial charge in [-0.25, -0.2) is 0 Å². The fourth-order valence-electron chi connectivity index (χ4n) is 5.72. The second-order valence-corrected chi connectivity index (χ2v) is 14.0. The molecule has 0 aliphatic carbocycles. The van der Waals surface area contributed by atoms with Crippen LogP contribution in [0.2, 0.25) is 0 Å². The number of nitrogens with zero attached hydrogens (tertiary/aromatic N) is 1. The van der Waals surface area contributed by atoms with Crippen LogP contribution in [0.3, 0.4) is 0 Å². The van der Waals surface area contributed by atoms with E-state index in [9.17, 15) is 14.7 Å². The number of halogens is 1. The average molecular weight is 738 g/mol. The highest BCUT2D eigenvalue weighted by molar-refractivity contribution is 14.1. The Morgan fingerprint density at radius 1 is 0.591 bits per heavy atom. The molecule has 0 radical (unpaired) electrons. The van der Waals surface area contributed by atoms with Gasteiger partial charge in [0, 0.05) is 19.4 Å². The molecule has 0 fully saturated rings. The van der Waals surface area contributed by atoms with Crippen molar-refractivity contribution in [2.45, 2.75) is 193 Å². The number of ether oxygens (including phenoxy) is 2. The highest BCUT2D eigenvalue weighted by Crippen LogP contribution is 2.17. The van der Waals surface area contributed by atoms with E-state index in [4.69, 9.17) is 9.47 Å². The Bertz CT molecular complexity index is 635. The molecule has 0 spiro atoms. The lowest BCUT2D eigenvalue weighted by molar-refractivity contribution is -0.150. The van der Waals surface area contributed by atoms with E-state index in [0.29, 0.717) is 19.4 Å². The molecule has 44 heavy (non-hydrogen) atoms. The SMILES string of the molecule is CCCCCCCCC(C)OC(=O)CCCCCN(CCO)CCCCCCCC(=O)OC(CCCCC)CCCCCI. The van der Waals surface area contributed by atoms with Gasteiger partial charge in [-0.3, -0.25) is 9.59 Å². The predicted molar refractivity (Wildman–Crippen MR) is 195 cm³/mol. The van der Waals surface area contributed by atoms with Gasteiger partial charge in [0.2, 0.25) is 0 Å². The molecule has 2 atom stereocenters. The molecule has 7 heteroatoms. The van der Waals surface area contributed by atoms with Crippen LogP contribution in [0.15, 0.2) is 0 Å². The lowest BCUT2D eigenvalue weighted by atomic mass is 10.0. The number of rotatable bonds is 34. The summed E-state index contributed by atoms with van der Waals surface area (Å²) < 4.78 is 12.7. The van der Waals surface area contributed by atoms with Crippen molar-refractivity contribution < 1.29 is 24.2 Å². The van der Waals surface area contributed by atoms with Crippen LogP contribution < -0.4 is 0 Å². The second-order valence-electron chi connectivity index (χ2n) is 12.9. The van der Waals surface area contributed by atoms with E-state index in [-0.39, 0.29) is 30.8 Å². The van der Waals surface area contributed by atoms with Gasteiger partial charge in [-0.05, 0) is 95.1 Å². The fraction of sp³-hybridized carbons (Fsp3) is 0.946. The number of carbonyl (C=O) groups excluding carboxylic acids is 2. The maximum Gasteiger partial charge on any atom is 0.306 e. The van der Waals surface area contributed by atoms with E-state index >= 15 is 0 Å². The molecule has 0 aliphatic rings. The van der Waals surface area contributed by atoms with Crippen LogP contribution >= 0.6 is 22.6 Å². The third kappa shape index (κ3) is 30.3. The average Bonchev–Trinajstić information content (AvgIpc) is 3.00. The first-order chi connectivity index (χ1) is 21.5. The number of hydrogen-bond donors (Lipinski definition) is 1. The third-order valence-corrected chi connectivity index (χ3v) is 9.27. The number of esters is 2. The topological polar surface area (TPSA) is 76.1 Å². The minimum Gasteiger partial charge on any atom is -0.463 e. The van der Waals surface area contributed by atoms with Crippen molar-refractivity contribution in [2.24, 2.45) is 0 Å². The zero-order chi connectivity index (χ0) is 32.5. The molecule has 262 valence electrons. The standard InChI is InChI=1S/C37H72INO5/c1-4-6-8-9-11-17-24-34(3)43-36(41)27-20-15-23-31-39(32-33-40)30-22-13-10-12-19-28-37(42)44-35(25-16-7-5-2)26-18-14-21-29-38/h34-35,40H,4-33H2,1-3H3. The molecule has 0 saturated carbocycles. The van der Waals surface area contributed by atoms with Gasteiger partial charge in [0.1, 0.15) is 6.10 Å². The van der Waals surface area contributed by atoms with Gasteiger partial charge < -0.3 is 19.5 Å². The zero-order valence-corrected chi connectivity index (χ0v) is 31.4. The highest BCUT2D eigenvalue weighted by atomic mass is 127. The van der Waals surface area contributed by atoms with Crippen molar-refractivity contribution in [2.75, 3.05) is 30.7 Å². The summed E-state index contributed by atoms with van der Waals surface area (Å²) in [5, 5.41) is 9.48. The summed E-state index contributed by atoms with van der Waals surface area (Å²) >= 11 is 2.43. The fourth-order valence-corrected chi connectivity index (χ4v) is 6.26. The zero-order valence-electron chi connectivity index (χ0n) is 29.3. The van der Waals surface area contributed by atoms with Gasteiger partial charge in [0.25, 0.3) is 0 Å². The molecule has 0 bridgehead atoms. The molecule has 0 rings (SSSR count). The molecule has 0 aromatic rings. The number of carbonyl (C=O) groups is 2. The number of hydrogen-bond acceptors (Lipinski definition) is 6. The predicted octanol–water partition coefficient (Wildman–Crippen LogP) is 10.4. The Morgan fingerprint density at radius 3 is 1.66 bits per heavy atom.